The summed E-state index contributed by atoms with van der Waals surface area (Å²) in [6, 6.07) is 0. The van der Waals surface area contributed by atoms with Crippen LogP contribution >= 0.6 is 0 Å². The van der Waals surface area contributed by atoms with Crippen LogP contribution in [0.5, 0.6) is 0 Å². The predicted molar refractivity (Wildman–Crippen MR) is 78.3 cm³/mol. The molecule has 0 aromatic rings. The van der Waals surface area contributed by atoms with Gasteiger partial charge in [0.25, 0.3) is 0 Å². The molecular weight excluding hydrogens is 296 g/mol. The highest BCUT2D eigenvalue weighted by Gasteiger charge is 2.07. The van der Waals surface area contributed by atoms with Gasteiger partial charge < -0.3 is 20.1 Å². The minimum atomic E-state index is -1.27. The lowest BCUT2D eigenvalue weighted by molar-refractivity contribution is -0.139. The first-order chi connectivity index (χ1) is 9.86. The van der Waals surface area contributed by atoms with E-state index in [1.165, 1.54) is 14.0 Å². The molecule has 124 valence electrons. The molecule has 0 bridgehead atoms. The van der Waals surface area contributed by atoms with E-state index < -0.39 is 24.3 Å². The van der Waals surface area contributed by atoms with Crippen LogP contribution in [-0.2, 0) is 23.9 Å². The minimum absolute atomic E-state index is 0.176. The molecule has 0 amide bonds. The van der Waals surface area contributed by atoms with Gasteiger partial charge in [-0.3, -0.25) is 4.79 Å². The molecule has 0 radical (unpaired) electrons. The summed E-state index contributed by atoms with van der Waals surface area (Å²) in [6.07, 6.45) is -0.505. The molecule has 0 aliphatic heterocycles. The number of hydrogen-bond donors (Lipinski definition) is 3. The smallest absolute Gasteiger partial charge is 0.332 e. The van der Waals surface area contributed by atoms with Crippen molar-refractivity contribution in [2.45, 2.75) is 20.3 Å². The number of carbonyl (C=O) groups is 4. The summed E-state index contributed by atoms with van der Waals surface area (Å²) in [5, 5.41) is 24.0. The highest BCUT2D eigenvalue weighted by Crippen LogP contribution is 1.95. The number of rotatable bonds is 5. The van der Waals surface area contributed by atoms with Gasteiger partial charge in [-0.05, 0) is 13.8 Å². The third kappa shape index (κ3) is 19.4. The molecule has 0 aliphatic rings. The summed E-state index contributed by atoms with van der Waals surface area (Å²) in [5.74, 6) is -3.73. The first kappa shape index (κ1) is 24.1. The first-order valence-electron chi connectivity index (χ1n) is 5.62. The maximum Gasteiger partial charge on any atom is 0.332 e. The number of hydrogen-bond acceptors (Lipinski definition) is 5. The molecule has 0 heterocycles. The maximum atomic E-state index is 10.2. The van der Waals surface area contributed by atoms with E-state index >= 15 is 0 Å². The highest BCUT2D eigenvalue weighted by molar-refractivity contribution is 5.91. The molecule has 0 saturated carbocycles. The fourth-order valence-electron chi connectivity index (χ4n) is 0.432. The largest absolute Gasteiger partial charge is 0.481 e. The number of esters is 1. The molecule has 0 spiro atoms. The SMILES string of the molecule is C=C(C)C(=O)O.C=C(C)C(=O)OC.C=C(CC(=O)O)C(=O)O. The second-order valence-corrected chi connectivity index (χ2v) is 3.84. The molecule has 0 saturated heterocycles. The van der Waals surface area contributed by atoms with Gasteiger partial charge in [-0.1, -0.05) is 19.7 Å². The molecule has 0 rings (SSSR count). The Kier molecular flexibility index (Phi) is 14.4. The van der Waals surface area contributed by atoms with Crippen LogP contribution in [-0.4, -0.2) is 46.3 Å². The van der Waals surface area contributed by atoms with Gasteiger partial charge in [0.15, 0.2) is 0 Å². The average molecular weight is 316 g/mol. The molecule has 0 unspecified atom stereocenters. The van der Waals surface area contributed by atoms with Crippen molar-refractivity contribution in [3.8, 4) is 0 Å². The van der Waals surface area contributed by atoms with Crippen LogP contribution in [0.2, 0.25) is 0 Å². The van der Waals surface area contributed by atoms with Crippen LogP contribution < -0.4 is 0 Å². The van der Waals surface area contributed by atoms with Crippen molar-refractivity contribution < 1.29 is 39.2 Å². The van der Waals surface area contributed by atoms with Crippen molar-refractivity contribution in [3.05, 3.63) is 36.5 Å². The average Bonchev–Trinajstić information content (AvgIpc) is 2.37. The van der Waals surface area contributed by atoms with E-state index in [9.17, 15) is 19.2 Å². The Labute approximate surface area is 128 Å². The van der Waals surface area contributed by atoms with Crippen molar-refractivity contribution in [2.24, 2.45) is 0 Å². The predicted octanol–water partition coefficient (Wildman–Crippen LogP) is 1.48. The van der Waals surface area contributed by atoms with E-state index in [2.05, 4.69) is 24.5 Å². The molecule has 0 fully saturated rings. The summed E-state index contributed by atoms with van der Waals surface area (Å²) in [5.41, 5.74) is 0.306. The van der Waals surface area contributed by atoms with E-state index in [-0.39, 0.29) is 17.1 Å². The zero-order chi connectivity index (χ0) is 18.5. The van der Waals surface area contributed by atoms with Crippen LogP contribution in [0.1, 0.15) is 20.3 Å². The lowest BCUT2D eigenvalue weighted by Gasteiger charge is -1.91. The number of carboxylic acid groups (broad SMARTS) is 3. The summed E-state index contributed by atoms with van der Waals surface area (Å²) >= 11 is 0. The maximum absolute atomic E-state index is 10.2. The van der Waals surface area contributed by atoms with Crippen LogP contribution in [0.25, 0.3) is 0 Å². The second-order valence-electron chi connectivity index (χ2n) is 3.84. The number of aliphatic carboxylic acids is 3. The Morgan fingerprint density at radius 3 is 1.27 bits per heavy atom. The lowest BCUT2D eigenvalue weighted by atomic mass is 10.2. The molecule has 8 heteroatoms. The molecule has 0 aromatic heterocycles. The van der Waals surface area contributed by atoms with Crippen molar-refractivity contribution in [3.63, 3.8) is 0 Å². The van der Waals surface area contributed by atoms with Crippen molar-refractivity contribution in [1.82, 2.24) is 0 Å². The van der Waals surface area contributed by atoms with Crippen molar-refractivity contribution in [2.75, 3.05) is 7.11 Å². The molecule has 3 N–H and O–H groups in total. The van der Waals surface area contributed by atoms with Crippen LogP contribution in [0, 0.1) is 0 Å². The number of methoxy groups -OCH3 is 1. The number of carboxylic acids is 3. The van der Waals surface area contributed by atoms with Gasteiger partial charge in [0, 0.05) is 16.7 Å². The molecule has 8 nitrogen and oxygen atoms in total. The van der Waals surface area contributed by atoms with E-state index in [0.717, 1.165) is 0 Å². The normalized spacial score (nSPS) is 7.95. The lowest BCUT2D eigenvalue weighted by Crippen LogP contribution is -2.04. The summed E-state index contributed by atoms with van der Waals surface area (Å²) in [6.45, 7) is 12.6. The minimum Gasteiger partial charge on any atom is -0.481 e. The zero-order valence-electron chi connectivity index (χ0n) is 12.7. The van der Waals surface area contributed by atoms with Crippen molar-refractivity contribution >= 4 is 23.9 Å². The Morgan fingerprint density at radius 1 is 0.864 bits per heavy atom. The topological polar surface area (TPSA) is 138 Å². The van der Waals surface area contributed by atoms with Crippen LogP contribution in [0.4, 0.5) is 0 Å². The van der Waals surface area contributed by atoms with Gasteiger partial charge in [-0.15, -0.1) is 0 Å². The van der Waals surface area contributed by atoms with Crippen LogP contribution in [0.15, 0.2) is 36.5 Å². The Hall–Kier alpha value is -2.90. The number of ether oxygens (including phenoxy) is 1. The van der Waals surface area contributed by atoms with Gasteiger partial charge in [-0.25, -0.2) is 14.4 Å². The van der Waals surface area contributed by atoms with E-state index in [1.54, 1.807) is 6.92 Å². The first-order valence-corrected chi connectivity index (χ1v) is 5.62. The monoisotopic (exact) mass is 316 g/mol. The third-order valence-electron chi connectivity index (χ3n) is 1.57. The van der Waals surface area contributed by atoms with E-state index in [1.807, 2.05) is 0 Å². The van der Waals surface area contributed by atoms with Crippen molar-refractivity contribution in [1.29, 1.82) is 0 Å². The summed E-state index contributed by atoms with van der Waals surface area (Å²) in [4.78, 5) is 39.5. The quantitative estimate of drug-likeness (QED) is 0.512. The fourth-order valence-corrected chi connectivity index (χ4v) is 0.432. The second kappa shape index (κ2) is 13.1. The third-order valence-corrected chi connectivity index (χ3v) is 1.57. The fraction of sp³-hybridized carbons (Fsp3) is 0.286. The molecule has 0 aromatic carbocycles. The molecule has 0 aliphatic carbocycles. The van der Waals surface area contributed by atoms with Gasteiger partial charge >= 0.3 is 23.9 Å². The van der Waals surface area contributed by atoms with Gasteiger partial charge in [0.2, 0.25) is 0 Å². The Bertz CT molecular complexity index is 461. The van der Waals surface area contributed by atoms with Crippen LogP contribution in [0.3, 0.4) is 0 Å². The number of carbonyl (C=O) groups excluding carboxylic acids is 1. The Balaban J connectivity index is -0.000000252. The Morgan fingerprint density at radius 2 is 1.23 bits per heavy atom. The van der Waals surface area contributed by atoms with Gasteiger partial charge in [0.05, 0.1) is 13.5 Å². The van der Waals surface area contributed by atoms with E-state index in [0.29, 0.717) is 5.57 Å². The highest BCUT2D eigenvalue weighted by atomic mass is 16.5. The summed E-state index contributed by atoms with van der Waals surface area (Å²) < 4.78 is 4.27. The summed E-state index contributed by atoms with van der Waals surface area (Å²) in [7, 11) is 1.33. The zero-order valence-corrected chi connectivity index (χ0v) is 12.7. The molecule has 0 atom stereocenters. The van der Waals surface area contributed by atoms with E-state index in [4.69, 9.17) is 15.3 Å². The molecular formula is C14H20O8. The molecule has 22 heavy (non-hydrogen) atoms. The standard InChI is InChI=1S/C5H6O4.C5H8O2.C4H6O2/c1-3(5(8)9)2-4(6)7;1-4(2)5(6)7-3;1-3(2)4(5)6/h1-2H2,(H,6,7)(H,8,9);1H2,2-3H3;1H2,2H3,(H,5,6). The van der Waals surface area contributed by atoms with Gasteiger partial charge in [-0.2, -0.15) is 0 Å². The van der Waals surface area contributed by atoms with Gasteiger partial charge in [0.1, 0.15) is 0 Å².